The van der Waals surface area contributed by atoms with Gasteiger partial charge in [0, 0.05) is 29.1 Å². The van der Waals surface area contributed by atoms with E-state index in [-0.39, 0.29) is 17.8 Å². The number of nitrogens with zero attached hydrogens (tertiary/aromatic N) is 5. The molecule has 2 aromatic heterocycles. The molecule has 0 amide bonds. The van der Waals surface area contributed by atoms with Gasteiger partial charge in [-0.1, -0.05) is 27.2 Å². The van der Waals surface area contributed by atoms with Crippen LogP contribution >= 0.6 is 15.9 Å². The van der Waals surface area contributed by atoms with Crippen LogP contribution in [0.4, 0.5) is 0 Å². The Morgan fingerprint density at radius 2 is 2.23 bits per heavy atom. The van der Waals surface area contributed by atoms with Gasteiger partial charge in [-0.25, -0.2) is 9.48 Å². The van der Waals surface area contributed by atoms with E-state index in [0.29, 0.717) is 5.56 Å². The second-order valence-electron chi connectivity index (χ2n) is 6.27. The average Bonchev–Trinajstić information content (AvgIpc) is 3.09. The first-order valence-corrected chi connectivity index (χ1v) is 9.23. The number of rotatable bonds is 5. The molecule has 1 saturated carbocycles. The largest absolute Gasteiger partial charge is 0.465 e. The van der Waals surface area contributed by atoms with Crippen LogP contribution in [0, 0.1) is 0 Å². The summed E-state index contributed by atoms with van der Waals surface area (Å²) in [6, 6.07) is 7.84. The van der Waals surface area contributed by atoms with Gasteiger partial charge in [0.05, 0.1) is 30.4 Å². The van der Waals surface area contributed by atoms with Crippen LogP contribution in [0.15, 0.2) is 41.1 Å². The standard InChI is InChI=1S/C18H18BrN5O2/c1-3-23-10-16(21-22-23)13-8-14(13)17-15(18(25)26-2)9-20-24(17)12-6-4-5-11(19)7-12/h4-7,9-10,13-14H,3,8H2,1-2H3/t13-,14-/m0/s1. The topological polar surface area (TPSA) is 74.8 Å². The monoisotopic (exact) mass is 415 g/mol. The van der Waals surface area contributed by atoms with Gasteiger partial charge in [0.1, 0.15) is 5.56 Å². The molecule has 1 aliphatic carbocycles. The van der Waals surface area contributed by atoms with Gasteiger partial charge in [0.15, 0.2) is 0 Å². The average molecular weight is 416 g/mol. The predicted molar refractivity (Wildman–Crippen MR) is 98.4 cm³/mol. The number of aromatic nitrogens is 5. The highest BCUT2D eigenvalue weighted by Crippen LogP contribution is 2.55. The summed E-state index contributed by atoms with van der Waals surface area (Å²) in [5, 5.41) is 12.9. The number of halogens is 1. The fourth-order valence-electron chi connectivity index (χ4n) is 3.26. The highest BCUT2D eigenvalue weighted by molar-refractivity contribution is 9.10. The normalized spacial score (nSPS) is 18.7. The molecule has 0 spiro atoms. The van der Waals surface area contributed by atoms with Crippen LogP contribution in [-0.4, -0.2) is 37.9 Å². The van der Waals surface area contributed by atoms with Crippen LogP contribution in [0.25, 0.3) is 5.69 Å². The van der Waals surface area contributed by atoms with Gasteiger partial charge in [0.2, 0.25) is 0 Å². The van der Waals surface area contributed by atoms with Crippen molar-refractivity contribution in [2.45, 2.75) is 31.7 Å². The van der Waals surface area contributed by atoms with Crippen molar-refractivity contribution in [2.24, 2.45) is 0 Å². The molecule has 4 rings (SSSR count). The van der Waals surface area contributed by atoms with Crippen LogP contribution < -0.4 is 0 Å². The van der Waals surface area contributed by atoms with Gasteiger partial charge in [-0.15, -0.1) is 5.10 Å². The van der Waals surface area contributed by atoms with Crippen LogP contribution in [0.5, 0.6) is 0 Å². The summed E-state index contributed by atoms with van der Waals surface area (Å²) in [5.74, 6) is 0.0259. The minimum atomic E-state index is -0.371. The Kier molecular flexibility index (Phi) is 4.36. The van der Waals surface area contributed by atoms with Crippen molar-refractivity contribution in [1.29, 1.82) is 0 Å². The van der Waals surface area contributed by atoms with Gasteiger partial charge in [0.25, 0.3) is 0 Å². The molecule has 1 fully saturated rings. The zero-order valence-corrected chi connectivity index (χ0v) is 16.0. The third-order valence-electron chi connectivity index (χ3n) is 4.67. The minimum Gasteiger partial charge on any atom is -0.465 e. The van der Waals surface area contributed by atoms with Crippen molar-refractivity contribution in [1.82, 2.24) is 24.8 Å². The molecule has 1 aliphatic rings. The number of esters is 1. The van der Waals surface area contributed by atoms with Gasteiger partial charge in [-0.05, 0) is 31.5 Å². The van der Waals surface area contributed by atoms with E-state index in [0.717, 1.165) is 34.5 Å². The number of ether oxygens (including phenoxy) is 1. The Bertz CT molecular complexity index is 964. The van der Waals surface area contributed by atoms with Gasteiger partial charge in [-0.2, -0.15) is 5.10 Å². The summed E-state index contributed by atoms with van der Waals surface area (Å²) in [4.78, 5) is 12.3. The van der Waals surface area contributed by atoms with Crippen LogP contribution in [0.3, 0.4) is 0 Å². The van der Waals surface area contributed by atoms with Crippen LogP contribution in [0.2, 0.25) is 0 Å². The molecule has 134 valence electrons. The molecule has 0 saturated heterocycles. The second-order valence-corrected chi connectivity index (χ2v) is 7.19. The molecule has 7 nitrogen and oxygen atoms in total. The zero-order valence-electron chi connectivity index (χ0n) is 14.5. The number of benzene rings is 1. The van der Waals surface area contributed by atoms with E-state index in [1.165, 1.54) is 7.11 Å². The molecule has 3 aromatic rings. The van der Waals surface area contributed by atoms with Crippen molar-refractivity contribution >= 4 is 21.9 Å². The van der Waals surface area contributed by atoms with Crippen molar-refractivity contribution in [3.63, 3.8) is 0 Å². The van der Waals surface area contributed by atoms with Crippen molar-refractivity contribution in [3.05, 3.63) is 58.1 Å². The van der Waals surface area contributed by atoms with Crippen LogP contribution in [-0.2, 0) is 11.3 Å². The van der Waals surface area contributed by atoms with Crippen molar-refractivity contribution in [2.75, 3.05) is 7.11 Å². The summed E-state index contributed by atoms with van der Waals surface area (Å²) < 4.78 is 9.55. The minimum absolute atomic E-state index is 0.160. The molecule has 0 aliphatic heterocycles. The summed E-state index contributed by atoms with van der Waals surface area (Å²) in [7, 11) is 1.39. The molecule has 0 bridgehead atoms. The Balaban J connectivity index is 1.74. The Morgan fingerprint density at radius 3 is 2.92 bits per heavy atom. The first kappa shape index (κ1) is 17.0. The van der Waals surface area contributed by atoms with Crippen LogP contribution in [0.1, 0.15) is 46.9 Å². The fraction of sp³-hybridized carbons (Fsp3) is 0.333. The molecule has 0 radical (unpaired) electrons. The first-order valence-electron chi connectivity index (χ1n) is 8.44. The number of aryl methyl sites for hydroxylation is 1. The summed E-state index contributed by atoms with van der Waals surface area (Å²) in [6.45, 7) is 2.81. The van der Waals surface area contributed by atoms with Gasteiger partial charge < -0.3 is 4.74 Å². The number of hydrogen-bond donors (Lipinski definition) is 0. The van der Waals surface area contributed by atoms with Crippen molar-refractivity contribution < 1.29 is 9.53 Å². The summed E-state index contributed by atoms with van der Waals surface area (Å²) in [5.41, 5.74) is 3.22. The maximum absolute atomic E-state index is 12.3. The SMILES string of the molecule is CCn1cc([C@H]2C[C@@H]2c2c(C(=O)OC)cnn2-c2cccc(Br)c2)nn1. The fourth-order valence-corrected chi connectivity index (χ4v) is 3.64. The van der Waals surface area contributed by atoms with E-state index < -0.39 is 0 Å². The van der Waals surface area contributed by atoms with E-state index >= 15 is 0 Å². The number of carbonyl (C=O) groups is 1. The van der Waals surface area contributed by atoms with E-state index in [1.807, 2.05) is 46.7 Å². The first-order chi connectivity index (χ1) is 12.6. The molecule has 0 N–H and O–H groups in total. The lowest BCUT2D eigenvalue weighted by molar-refractivity contribution is 0.0599. The summed E-state index contributed by atoms with van der Waals surface area (Å²) in [6.07, 6.45) is 4.47. The Labute approximate surface area is 159 Å². The number of methoxy groups -OCH3 is 1. The third kappa shape index (κ3) is 2.94. The molecular formula is C18H18BrN5O2. The number of carbonyl (C=O) groups excluding carboxylic acids is 1. The van der Waals surface area contributed by atoms with E-state index in [4.69, 9.17) is 4.74 Å². The lowest BCUT2D eigenvalue weighted by atomic mass is 10.1. The smallest absolute Gasteiger partial charge is 0.341 e. The lowest BCUT2D eigenvalue weighted by Gasteiger charge is -2.09. The molecular weight excluding hydrogens is 398 g/mol. The maximum Gasteiger partial charge on any atom is 0.341 e. The third-order valence-corrected chi connectivity index (χ3v) is 5.16. The molecule has 0 unspecified atom stereocenters. The quantitative estimate of drug-likeness (QED) is 0.597. The maximum atomic E-state index is 12.3. The Morgan fingerprint density at radius 1 is 1.38 bits per heavy atom. The molecule has 8 heteroatoms. The van der Waals surface area contributed by atoms with E-state index in [2.05, 4.69) is 31.3 Å². The molecule has 26 heavy (non-hydrogen) atoms. The highest BCUT2D eigenvalue weighted by atomic mass is 79.9. The Hall–Kier alpha value is -2.48. The zero-order chi connectivity index (χ0) is 18.3. The van der Waals surface area contributed by atoms with E-state index in [9.17, 15) is 4.79 Å². The van der Waals surface area contributed by atoms with Gasteiger partial charge in [-0.3, -0.25) is 4.68 Å². The highest BCUT2D eigenvalue weighted by Gasteiger charge is 2.46. The molecule has 2 atom stereocenters. The lowest BCUT2D eigenvalue weighted by Crippen LogP contribution is -2.08. The van der Waals surface area contributed by atoms with E-state index in [1.54, 1.807) is 6.20 Å². The second kappa shape index (κ2) is 6.68. The number of hydrogen-bond acceptors (Lipinski definition) is 5. The predicted octanol–water partition coefficient (Wildman–Crippen LogP) is 3.30. The molecule has 1 aromatic carbocycles. The van der Waals surface area contributed by atoms with Gasteiger partial charge >= 0.3 is 5.97 Å². The van der Waals surface area contributed by atoms with Crippen molar-refractivity contribution in [3.8, 4) is 5.69 Å². The molecule has 2 heterocycles. The summed E-state index contributed by atoms with van der Waals surface area (Å²) >= 11 is 3.49.